The normalized spacial score (nSPS) is 17.0. The van der Waals surface area contributed by atoms with Crippen molar-refractivity contribution in [1.29, 1.82) is 0 Å². The monoisotopic (exact) mass is 303 g/mol. The second-order valence-corrected chi connectivity index (χ2v) is 7.79. The van der Waals surface area contributed by atoms with Crippen molar-refractivity contribution in [2.45, 2.75) is 37.5 Å². The van der Waals surface area contributed by atoms with Crippen LogP contribution in [0.5, 0.6) is 0 Å². The maximum atomic E-state index is 12.6. The lowest BCUT2D eigenvalue weighted by molar-refractivity contribution is 0.449. The Morgan fingerprint density at radius 1 is 1.10 bits per heavy atom. The summed E-state index contributed by atoms with van der Waals surface area (Å²) in [6, 6.07) is 13.0. The zero-order valence-electron chi connectivity index (χ0n) is 12.3. The highest BCUT2D eigenvalue weighted by Gasteiger charge is 2.42. The summed E-state index contributed by atoms with van der Waals surface area (Å²) in [6.45, 7) is 2.71. The number of benzene rings is 2. The van der Waals surface area contributed by atoms with Gasteiger partial charge in [0.1, 0.15) is 0 Å². The third-order valence-electron chi connectivity index (χ3n) is 4.41. The summed E-state index contributed by atoms with van der Waals surface area (Å²) in [4.78, 5) is 0.382. The van der Waals surface area contributed by atoms with Gasteiger partial charge in [0.15, 0.2) is 0 Å². The summed E-state index contributed by atoms with van der Waals surface area (Å²) in [5.41, 5.74) is 0.215. The standard InChI is InChI=1S/C17H21NO2S/c1-2-10-17(11-12-17)13-18-21(19,20)16-9-5-7-14-6-3-4-8-15(14)16/h3-9,18H,2,10-13H2,1H3. The topological polar surface area (TPSA) is 46.2 Å². The minimum Gasteiger partial charge on any atom is -0.211 e. The van der Waals surface area contributed by atoms with E-state index in [2.05, 4.69) is 11.6 Å². The van der Waals surface area contributed by atoms with Gasteiger partial charge >= 0.3 is 0 Å². The van der Waals surface area contributed by atoms with Gasteiger partial charge in [-0.1, -0.05) is 49.7 Å². The molecule has 0 atom stereocenters. The van der Waals surface area contributed by atoms with Crippen molar-refractivity contribution in [2.75, 3.05) is 6.54 Å². The molecule has 1 aliphatic rings. The molecule has 1 fully saturated rings. The van der Waals surface area contributed by atoms with Gasteiger partial charge in [0.05, 0.1) is 4.90 Å². The van der Waals surface area contributed by atoms with Crippen molar-refractivity contribution in [2.24, 2.45) is 5.41 Å². The first kappa shape index (κ1) is 14.5. The fourth-order valence-electron chi connectivity index (χ4n) is 2.98. The molecule has 1 N–H and O–H groups in total. The quantitative estimate of drug-likeness (QED) is 0.884. The van der Waals surface area contributed by atoms with Crippen molar-refractivity contribution in [3.05, 3.63) is 42.5 Å². The number of rotatable bonds is 6. The smallest absolute Gasteiger partial charge is 0.211 e. The van der Waals surface area contributed by atoms with Gasteiger partial charge in [-0.05, 0) is 36.1 Å². The Bertz CT molecular complexity index is 743. The predicted molar refractivity (Wildman–Crippen MR) is 85.7 cm³/mol. The van der Waals surface area contributed by atoms with Crippen LogP contribution in [0.2, 0.25) is 0 Å². The molecule has 4 heteroatoms. The molecule has 1 saturated carbocycles. The summed E-state index contributed by atoms with van der Waals surface area (Å²) in [5, 5.41) is 1.74. The van der Waals surface area contributed by atoms with E-state index in [9.17, 15) is 8.42 Å². The highest BCUT2D eigenvalue weighted by atomic mass is 32.2. The summed E-state index contributed by atoms with van der Waals surface area (Å²) < 4.78 is 28.1. The summed E-state index contributed by atoms with van der Waals surface area (Å²) in [7, 11) is -3.45. The molecule has 1 aliphatic carbocycles. The van der Waals surface area contributed by atoms with Gasteiger partial charge < -0.3 is 0 Å². The maximum Gasteiger partial charge on any atom is 0.241 e. The lowest BCUT2D eigenvalue weighted by Gasteiger charge is -2.16. The number of fused-ring (bicyclic) bond motifs is 1. The lowest BCUT2D eigenvalue weighted by Crippen LogP contribution is -2.30. The highest BCUT2D eigenvalue weighted by Crippen LogP contribution is 2.49. The van der Waals surface area contributed by atoms with Crippen LogP contribution in [0.1, 0.15) is 32.6 Å². The fraction of sp³-hybridized carbons (Fsp3) is 0.412. The number of hydrogen-bond acceptors (Lipinski definition) is 2. The minimum absolute atomic E-state index is 0.215. The Morgan fingerprint density at radius 2 is 1.81 bits per heavy atom. The Morgan fingerprint density at radius 3 is 2.52 bits per heavy atom. The average molecular weight is 303 g/mol. The van der Waals surface area contributed by atoms with E-state index in [0.29, 0.717) is 11.4 Å². The first-order valence-electron chi connectivity index (χ1n) is 7.54. The molecule has 112 valence electrons. The van der Waals surface area contributed by atoms with Gasteiger partial charge in [-0.15, -0.1) is 0 Å². The molecule has 0 aromatic heterocycles. The number of hydrogen-bond donors (Lipinski definition) is 1. The zero-order chi connectivity index (χ0) is 14.9. The van der Waals surface area contributed by atoms with Crippen LogP contribution in [0.4, 0.5) is 0 Å². The number of sulfonamides is 1. The largest absolute Gasteiger partial charge is 0.241 e. The molecule has 0 aliphatic heterocycles. The van der Waals surface area contributed by atoms with Crippen LogP contribution in [0.3, 0.4) is 0 Å². The van der Waals surface area contributed by atoms with Crippen molar-refractivity contribution in [3.8, 4) is 0 Å². The van der Waals surface area contributed by atoms with Crippen LogP contribution in [0.25, 0.3) is 10.8 Å². The molecule has 0 heterocycles. The highest BCUT2D eigenvalue weighted by molar-refractivity contribution is 7.89. The summed E-state index contributed by atoms with van der Waals surface area (Å²) >= 11 is 0. The van der Waals surface area contributed by atoms with Gasteiger partial charge in [0.25, 0.3) is 0 Å². The van der Waals surface area contributed by atoms with Gasteiger partial charge in [-0.3, -0.25) is 0 Å². The van der Waals surface area contributed by atoms with E-state index in [1.54, 1.807) is 12.1 Å². The van der Waals surface area contributed by atoms with Gasteiger partial charge in [0.2, 0.25) is 10.0 Å². The Labute approximate surface area is 126 Å². The maximum absolute atomic E-state index is 12.6. The third-order valence-corrected chi connectivity index (χ3v) is 5.87. The van der Waals surface area contributed by atoms with Crippen LogP contribution < -0.4 is 4.72 Å². The van der Waals surface area contributed by atoms with E-state index in [4.69, 9.17) is 0 Å². The molecule has 0 saturated heterocycles. The number of nitrogens with one attached hydrogen (secondary N) is 1. The Hall–Kier alpha value is -1.39. The van der Waals surface area contributed by atoms with Crippen LogP contribution >= 0.6 is 0 Å². The van der Waals surface area contributed by atoms with Gasteiger partial charge in [-0.2, -0.15) is 0 Å². The average Bonchev–Trinajstić information content (AvgIpc) is 3.25. The van der Waals surface area contributed by atoms with Crippen molar-refractivity contribution in [1.82, 2.24) is 4.72 Å². The Balaban J connectivity index is 1.87. The molecule has 21 heavy (non-hydrogen) atoms. The van der Waals surface area contributed by atoms with Crippen molar-refractivity contribution in [3.63, 3.8) is 0 Å². The van der Waals surface area contributed by atoms with E-state index >= 15 is 0 Å². The summed E-state index contributed by atoms with van der Waals surface area (Å²) in [6.07, 6.45) is 4.48. The van der Waals surface area contributed by atoms with E-state index in [-0.39, 0.29) is 5.41 Å². The predicted octanol–water partition coefficient (Wildman–Crippen LogP) is 3.70. The molecule has 0 radical (unpaired) electrons. The molecule has 0 spiro atoms. The van der Waals surface area contributed by atoms with E-state index < -0.39 is 10.0 Å². The van der Waals surface area contributed by atoms with Crippen molar-refractivity contribution < 1.29 is 8.42 Å². The zero-order valence-corrected chi connectivity index (χ0v) is 13.1. The molecule has 0 bridgehead atoms. The van der Waals surface area contributed by atoms with Gasteiger partial charge in [-0.25, -0.2) is 13.1 Å². The molecule has 2 aromatic carbocycles. The van der Waals surface area contributed by atoms with E-state index in [0.717, 1.165) is 36.5 Å². The fourth-order valence-corrected chi connectivity index (χ4v) is 4.36. The second-order valence-electron chi connectivity index (χ2n) is 6.05. The summed E-state index contributed by atoms with van der Waals surface area (Å²) in [5.74, 6) is 0. The third kappa shape index (κ3) is 2.97. The molecule has 2 aromatic rings. The molecular weight excluding hydrogens is 282 g/mol. The molecule has 0 unspecified atom stereocenters. The Kier molecular flexibility index (Phi) is 3.76. The minimum atomic E-state index is -3.45. The van der Waals surface area contributed by atoms with Crippen LogP contribution in [0, 0.1) is 5.41 Å². The van der Waals surface area contributed by atoms with Gasteiger partial charge in [0, 0.05) is 11.9 Å². The molecule has 3 rings (SSSR count). The van der Waals surface area contributed by atoms with Crippen LogP contribution in [-0.4, -0.2) is 15.0 Å². The SMILES string of the molecule is CCCC1(CNS(=O)(=O)c2cccc3ccccc23)CC1. The van der Waals surface area contributed by atoms with Crippen LogP contribution in [0.15, 0.2) is 47.4 Å². The first-order chi connectivity index (χ1) is 10.1. The van der Waals surface area contributed by atoms with Crippen LogP contribution in [-0.2, 0) is 10.0 Å². The van der Waals surface area contributed by atoms with E-state index in [1.807, 2.05) is 30.3 Å². The van der Waals surface area contributed by atoms with Crippen molar-refractivity contribution >= 4 is 20.8 Å². The molecule has 3 nitrogen and oxygen atoms in total. The first-order valence-corrected chi connectivity index (χ1v) is 9.02. The molecule has 0 amide bonds. The molecular formula is C17H21NO2S. The van der Waals surface area contributed by atoms with E-state index in [1.165, 1.54) is 0 Å². The lowest BCUT2D eigenvalue weighted by atomic mass is 10.0. The second kappa shape index (κ2) is 5.43.